The molecule has 1 spiro atoms. The van der Waals surface area contributed by atoms with Crippen LogP contribution in [-0.2, 0) is 35.9 Å². The van der Waals surface area contributed by atoms with E-state index in [0.717, 1.165) is 70.1 Å². The van der Waals surface area contributed by atoms with E-state index in [0.29, 0.717) is 62.3 Å². The molecule has 0 radical (unpaired) electrons. The monoisotopic (exact) mass is 823 g/mol. The zero-order chi connectivity index (χ0) is 42.3. The van der Waals surface area contributed by atoms with Gasteiger partial charge in [-0.25, -0.2) is 4.98 Å². The molecular formula is C50H53N3O8. The minimum Gasteiger partial charge on any atom is -0.508 e. The number of aryl methyl sites for hydroxylation is 2. The SMILES string of the molecule is COc1cc([C@@H]2CCc3c(ccc4cc(O)ccc34)Nc3cc(ccn3)[C@]3(CCC[C@@H]3Cc3ccc[nH]3)[C@H]([C@H](O)CCc3ccc(O)c4c3CCCO4)C(=O)C2)cc(O)c1O. The summed E-state index contributed by atoms with van der Waals surface area (Å²) in [7, 11) is 1.43. The van der Waals surface area contributed by atoms with Crippen LogP contribution in [0.4, 0.5) is 11.5 Å². The number of rotatable bonds is 8. The lowest BCUT2D eigenvalue weighted by Crippen LogP contribution is -2.50. The Morgan fingerprint density at radius 2 is 1.82 bits per heavy atom. The first-order valence-corrected chi connectivity index (χ1v) is 21.5. The van der Waals surface area contributed by atoms with Crippen LogP contribution in [0.1, 0.15) is 84.4 Å². The topological polar surface area (TPSA) is 177 Å². The highest BCUT2D eigenvalue weighted by Gasteiger charge is 2.54. The van der Waals surface area contributed by atoms with Gasteiger partial charge in [-0.2, -0.15) is 0 Å². The highest BCUT2D eigenvalue weighted by atomic mass is 16.5. The number of ether oxygens (including phenoxy) is 2. The fourth-order valence-electron chi connectivity index (χ4n) is 11.0. The molecule has 0 amide bonds. The number of carbonyl (C=O) groups is 1. The molecular weight excluding hydrogens is 771 g/mol. The molecule has 2 aromatic heterocycles. The highest BCUT2D eigenvalue weighted by molar-refractivity contribution is 5.92. The van der Waals surface area contributed by atoms with E-state index < -0.39 is 23.4 Å². The number of methoxy groups -OCH3 is 1. The van der Waals surface area contributed by atoms with Gasteiger partial charge < -0.3 is 45.3 Å². The van der Waals surface area contributed by atoms with E-state index in [1.807, 2.05) is 42.6 Å². The van der Waals surface area contributed by atoms with Crippen molar-refractivity contribution in [2.45, 2.75) is 88.1 Å². The van der Waals surface area contributed by atoms with Crippen LogP contribution in [0, 0.1) is 11.8 Å². The summed E-state index contributed by atoms with van der Waals surface area (Å²) in [6.45, 7) is 0.535. The number of Topliss-reactive ketones (excluding diaryl/α,β-unsaturated/α-hetero) is 1. The number of fused-ring (bicyclic) bond motifs is 7. The number of aromatic amines is 1. The average Bonchev–Trinajstić information content (AvgIpc) is 3.94. The number of phenols is 4. The highest BCUT2D eigenvalue weighted by Crippen LogP contribution is 2.55. The van der Waals surface area contributed by atoms with Crippen molar-refractivity contribution in [3.05, 3.63) is 125 Å². The fraction of sp³-hybridized carbons (Fsp3) is 0.360. The third-order valence-corrected chi connectivity index (χ3v) is 13.8. The van der Waals surface area contributed by atoms with Gasteiger partial charge in [0.15, 0.2) is 23.0 Å². The largest absolute Gasteiger partial charge is 0.508 e. The van der Waals surface area contributed by atoms with E-state index in [1.165, 1.54) is 13.2 Å². The summed E-state index contributed by atoms with van der Waals surface area (Å²) in [6.07, 6.45) is 9.19. The van der Waals surface area contributed by atoms with E-state index >= 15 is 4.79 Å². The second-order valence-corrected chi connectivity index (χ2v) is 17.2. The number of hydrogen-bond acceptors (Lipinski definition) is 10. The number of ketones is 1. The predicted octanol–water partition coefficient (Wildman–Crippen LogP) is 9.04. The molecule has 2 aliphatic heterocycles. The van der Waals surface area contributed by atoms with Crippen LogP contribution in [0.15, 0.2) is 91.3 Å². The first kappa shape index (κ1) is 40.2. The molecule has 4 aromatic carbocycles. The van der Waals surface area contributed by atoms with Crippen LogP contribution in [-0.4, -0.2) is 61.1 Å². The Kier molecular flexibility index (Phi) is 11.0. The summed E-state index contributed by atoms with van der Waals surface area (Å²) in [6, 6.07) is 24.2. The van der Waals surface area contributed by atoms with Crippen molar-refractivity contribution in [2.24, 2.45) is 11.8 Å². The number of aliphatic hydroxyl groups is 1. The van der Waals surface area contributed by atoms with Crippen LogP contribution in [0.2, 0.25) is 0 Å². The number of aliphatic hydroxyl groups excluding tert-OH is 1. The summed E-state index contributed by atoms with van der Waals surface area (Å²) < 4.78 is 11.4. The number of aromatic nitrogens is 2. The molecule has 2 bridgehead atoms. The second kappa shape index (κ2) is 16.7. The molecule has 3 aliphatic rings. The van der Waals surface area contributed by atoms with Gasteiger partial charge in [0.2, 0.25) is 5.75 Å². The molecule has 5 atom stereocenters. The third-order valence-electron chi connectivity index (χ3n) is 13.8. The molecule has 0 saturated heterocycles. The number of carbonyl (C=O) groups excluding carboxylic acids is 1. The number of anilines is 2. The Morgan fingerprint density at radius 1 is 0.934 bits per heavy atom. The number of hydrogen-bond donors (Lipinski definition) is 7. The summed E-state index contributed by atoms with van der Waals surface area (Å²) in [5, 5.41) is 61.0. The molecule has 4 heterocycles. The van der Waals surface area contributed by atoms with Crippen LogP contribution < -0.4 is 14.8 Å². The van der Waals surface area contributed by atoms with Crippen molar-refractivity contribution < 1.29 is 39.8 Å². The maximum atomic E-state index is 15.8. The smallest absolute Gasteiger partial charge is 0.200 e. The third kappa shape index (κ3) is 7.60. The van der Waals surface area contributed by atoms with E-state index in [9.17, 15) is 25.5 Å². The fourth-order valence-corrected chi connectivity index (χ4v) is 11.0. The van der Waals surface area contributed by atoms with Gasteiger partial charge in [-0.1, -0.05) is 24.6 Å². The lowest BCUT2D eigenvalue weighted by molar-refractivity contribution is -0.132. The number of aromatic hydroxyl groups is 4. The first-order valence-electron chi connectivity index (χ1n) is 21.5. The Morgan fingerprint density at radius 3 is 2.66 bits per heavy atom. The quantitative estimate of drug-likeness (QED) is 0.0733. The molecule has 11 heteroatoms. The number of nitrogens with one attached hydrogen (secondary N) is 2. The molecule has 1 saturated carbocycles. The number of H-pyrrole nitrogens is 1. The Balaban J connectivity index is 1.21. The van der Waals surface area contributed by atoms with Crippen molar-refractivity contribution in [3.63, 3.8) is 0 Å². The lowest BCUT2D eigenvalue weighted by atomic mass is 9.58. The number of nitrogens with zero attached hydrogens (tertiary/aromatic N) is 1. The van der Waals surface area contributed by atoms with Crippen LogP contribution in [0.5, 0.6) is 34.5 Å². The molecule has 0 unspecified atom stereocenters. The molecule has 7 N–H and O–H groups in total. The molecule has 1 aliphatic carbocycles. The molecule has 316 valence electrons. The summed E-state index contributed by atoms with van der Waals surface area (Å²) in [5.41, 5.74) is 5.63. The van der Waals surface area contributed by atoms with Gasteiger partial charge in [-0.3, -0.25) is 4.79 Å². The summed E-state index contributed by atoms with van der Waals surface area (Å²) in [5.74, 6) is -0.568. The van der Waals surface area contributed by atoms with E-state index in [-0.39, 0.29) is 46.9 Å². The zero-order valence-corrected chi connectivity index (χ0v) is 34.4. The van der Waals surface area contributed by atoms with Crippen LogP contribution in [0.3, 0.4) is 0 Å². The van der Waals surface area contributed by atoms with Gasteiger partial charge in [0.05, 0.1) is 25.7 Å². The average molecular weight is 824 g/mol. The molecule has 11 nitrogen and oxygen atoms in total. The van der Waals surface area contributed by atoms with Crippen molar-refractivity contribution in [3.8, 4) is 34.5 Å². The van der Waals surface area contributed by atoms with E-state index in [2.05, 4.69) is 22.4 Å². The molecule has 6 aromatic rings. The molecule has 1 fully saturated rings. The first-order chi connectivity index (χ1) is 29.6. The van der Waals surface area contributed by atoms with Crippen LogP contribution in [0.25, 0.3) is 10.8 Å². The van der Waals surface area contributed by atoms with E-state index in [1.54, 1.807) is 30.5 Å². The number of phenolic OH excluding ortho intramolecular Hbond substituents is 4. The standard InChI is InChI=1S/C50H53N3O8/c1-60-45-26-32(25-44(58)48(45)59)30-8-13-39-37-14-12-36(54)23-31(37)9-15-40(39)53-46-28-34(18-21-52-46)50(19-2-5-33(50)27-35-6-3-20-51-35)47(43(57)24-30)41(55)16-10-29-11-17-42(56)49-38(29)7-4-22-61-49/h3,6,9,11-12,14-15,17-18,20-21,23,25-26,28,30,33,41,47,51,54-56,58-59H,2,4-5,7-8,10,13,16,19,22,24,27H2,1H3,(H,52,53)/t30-,33-,41-,47-,50-/m1/s1. The van der Waals surface area contributed by atoms with Crippen LogP contribution >= 0.6 is 0 Å². The maximum Gasteiger partial charge on any atom is 0.200 e. The van der Waals surface area contributed by atoms with Crippen molar-refractivity contribution in [1.82, 2.24) is 9.97 Å². The minimum absolute atomic E-state index is 0.00914. The summed E-state index contributed by atoms with van der Waals surface area (Å²) in [4.78, 5) is 24.0. The molecule has 61 heavy (non-hydrogen) atoms. The van der Waals surface area contributed by atoms with Gasteiger partial charge >= 0.3 is 0 Å². The van der Waals surface area contributed by atoms with Gasteiger partial charge in [-0.05, 0) is 163 Å². The van der Waals surface area contributed by atoms with Gasteiger partial charge in [0.25, 0.3) is 0 Å². The maximum absolute atomic E-state index is 15.8. The molecule has 9 rings (SSSR count). The second-order valence-electron chi connectivity index (χ2n) is 17.2. The predicted molar refractivity (Wildman–Crippen MR) is 233 cm³/mol. The van der Waals surface area contributed by atoms with Crippen molar-refractivity contribution in [1.29, 1.82) is 0 Å². The van der Waals surface area contributed by atoms with E-state index in [4.69, 9.17) is 14.5 Å². The minimum atomic E-state index is -1.04. The number of pyridine rings is 1. The van der Waals surface area contributed by atoms with Gasteiger partial charge in [-0.15, -0.1) is 0 Å². The Hall–Kier alpha value is -6.20. The number of benzene rings is 4. The van der Waals surface area contributed by atoms with Crippen molar-refractivity contribution >= 4 is 28.1 Å². The lowest BCUT2D eigenvalue weighted by Gasteiger charge is -2.45. The van der Waals surface area contributed by atoms with Crippen molar-refractivity contribution in [2.75, 3.05) is 19.0 Å². The van der Waals surface area contributed by atoms with Gasteiger partial charge in [0.1, 0.15) is 17.4 Å². The Labute approximate surface area is 355 Å². The Bertz CT molecular complexity index is 2570. The normalized spacial score (nSPS) is 21.9. The van der Waals surface area contributed by atoms with Gasteiger partial charge in [0, 0.05) is 41.2 Å². The zero-order valence-electron chi connectivity index (χ0n) is 34.4. The summed E-state index contributed by atoms with van der Waals surface area (Å²) >= 11 is 0.